The van der Waals surface area contributed by atoms with Gasteiger partial charge in [0.25, 0.3) is 0 Å². The molecule has 2 N–H and O–H groups in total. The molecule has 0 bridgehead atoms. The van der Waals surface area contributed by atoms with Gasteiger partial charge in [-0.25, -0.2) is 9.78 Å². The fourth-order valence-electron chi connectivity index (χ4n) is 2.71. The predicted molar refractivity (Wildman–Crippen MR) is 81.8 cm³/mol. The first-order chi connectivity index (χ1) is 9.97. The highest BCUT2D eigenvalue weighted by atomic mass is 16.4. The maximum absolute atomic E-state index is 11.5. The monoisotopic (exact) mass is 290 g/mol. The van der Waals surface area contributed by atoms with Gasteiger partial charge in [0.2, 0.25) is 0 Å². The number of hydrogen-bond acceptors (Lipinski definition) is 3. The number of nitrogens with zero attached hydrogens (tertiary/aromatic N) is 2. The second-order valence-electron chi connectivity index (χ2n) is 5.69. The Morgan fingerprint density at radius 3 is 2.62 bits per heavy atom. The molecule has 1 heterocycles. The van der Waals surface area contributed by atoms with E-state index in [9.17, 15) is 9.90 Å². The largest absolute Gasteiger partial charge is 0.478 e. The molecule has 0 aliphatic rings. The summed E-state index contributed by atoms with van der Waals surface area (Å²) in [5.74, 6) is 0.158. The second kappa shape index (κ2) is 6.26. The number of benzene rings is 1. The number of rotatable bonds is 6. The zero-order valence-corrected chi connectivity index (χ0v) is 12.7. The van der Waals surface area contributed by atoms with Gasteiger partial charge in [-0.15, -0.1) is 0 Å². The molecular formula is C16H22N2O3. The lowest BCUT2D eigenvalue weighted by Gasteiger charge is -2.19. The highest BCUT2D eigenvalue weighted by Gasteiger charge is 2.22. The van der Waals surface area contributed by atoms with E-state index in [2.05, 4.69) is 18.8 Å². The zero-order valence-electron chi connectivity index (χ0n) is 12.7. The van der Waals surface area contributed by atoms with Gasteiger partial charge < -0.3 is 14.8 Å². The molecule has 1 atom stereocenters. The molecule has 5 heteroatoms. The number of aliphatic hydroxyl groups is 1. The third-order valence-electron chi connectivity index (χ3n) is 3.71. The second-order valence-corrected chi connectivity index (χ2v) is 5.69. The lowest BCUT2D eigenvalue weighted by molar-refractivity contribution is 0.0698. The Labute approximate surface area is 124 Å². The average molecular weight is 290 g/mol. The molecule has 2 aromatic rings. The molecule has 1 aromatic carbocycles. The lowest BCUT2D eigenvalue weighted by Crippen LogP contribution is -2.13. The number of aromatic nitrogens is 2. The molecule has 1 aromatic heterocycles. The van der Waals surface area contributed by atoms with Crippen molar-refractivity contribution < 1.29 is 15.0 Å². The number of carboxylic acids is 1. The van der Waals surface area contributed by atoms with Gasteiger partial charge >= 0.3 is 5.97 Å². The zero-order chi connectivity index (χ0) is 15.6. The topological polar surface area (TPSA) is 75.3 Å². The minimum atomic E-state index is -0.939. The summed E-state index contributed by atoms with van der Waals surface area (Å²) in [6.07, 6.45) is 1.48. The van der Waals surface area contributed by atoms with E-state index in [1.165, 1.54) is 0 Å². The molecule has 21 heavy (non-hydrogen) atoms. The lowest BCUT2D eigenvalue weighted by atomic mass is 10.1. The molecule has 0 amide bonds. The van der Waals surface area contributed by atoms with Crippen LogP contribution in [0.3, 0.4) is 0 Å². The molecule has 0 saturated heterocycles. The predicted octanol–water partition coefficient (Wildman–Crippen LogP) is 3.19. The number of imidazole rings is 1. The van der Waals surface area contributed by atoms with Crippen molar-refractivity contribution in [1.82, 2.24) is 9.55 Å². The van der Waals surface area contributed by atoms with Crippen LogP contribution in [0, 0.1) is 0 Å². The Bertz CT molecular complexity index is 646. The summed E-state index contributed by atoms with van der Waals surface area (Å²) in [6, 6.07) is 5.29. The number of aliphatic hydroxyl groups excluding tert-OH is 1. The number of carbonyl (C=O) groups is 1. The summed E-state index contributed by atoms with van der Waals surface area (Å²) in [4.78, 5) is 16.1. The third kappa shape index (κ3) is 2.93. The summed E-state index contributed by atoms with van der Waals surface area (Å²) in [5, 5.41) is 18.5. The molecule has 0 radical (unpaired) electrons. The van der Waals surface area contributed by atoms with Crippen LogP contribution in [0.1, 0.15) is 61.8 Å². The van der Waals surface area contributed by atoms with E-state index in [0.29, 0.717) is 11.9 Å². The smallest absolute Gasteiger partial charge is 0.337 e. The molecule has 0 saturated carbocycles. The first kappa shape index (κ1) is 15.5. The van der Waals surface area contributed by atoms with Crippen molar-refractivity contribution in [1.29, 1.82) is 0 Å². The Morgan fingerprint density at radius 1 is 1.33 bits per heavy atom. The van der Waals surface area contributed by atoms with Gasteiger partial charge in [-0.2, -0.15) is 0 Å². The summed E-state index contributed by atoms with van der Waals surface area (Å²) in [7, 11) is 0. The van der Waals surface area contributed by atoms with Crippen LogP contribution in [0.15, 0.2) is 18.2 Å². The Kier molecular flexibility index (Phi) is 4.63. The van der Waals surface area contributed by atoms with Crippen LogP contribution in [0.2, 0.25) is 0 Å². The van der Waals surface area contributed by atoms with E-state index in [0.717, 1.165) is 17.8 Å². The first-order valence-corrected chi connectivity index (χ1v) is 7.32. The van der Waals surface area contributed by atoms with Crippen LogP contribution in [0.4, 0.5) is 0 Å². The molecule has 0 aliphatic heterocycles. The summed E-state index contributed by atoms with van der Waals surface area (Å²) in [6.45, 7) is 6.29. The van der Waals surface area contributed by atoms with Crippen LogP contribution in [-0.4, -0.2) is 32.3 Å². The van der Waals surface area contributed by atoms with E-state index in [-0.39, 0.29) is 24.1 Å². The highest BCUT2D eigenvalue weighted by Crippen LogP contribution is 2.30. The summed E-state index contributed by atoms with van der Waals surface area (Å²) in [5.41, 5.74) is 1.68. The number of fused-ring (bicyclic) bond motifs is 1. The van der Waals surface area contributed by atoms with E-state index >= 15 is 0 Å². The number of para-hydroxylation sites is 1. The fraction of sp³-hybridized carbons (Fsp3) is 0.500. The van der Waals surface area contributed by atoms with E-state index in [1.54, 1.807) is 12.1 Å². The standard InChI is InChI=1S/C16H22N2O3/c1-10(2)15-17-13-8-4-7-12(16(20)21)14(13)18(15)11(3)6-5-9-19/h4,7-8,10-11,19H,5-6,9H2,1-3H3,(H,20,21). The highest BCUT2D eigenvalue weighted by molar-refractivity contribution is 6.01. The fourth-order valence-corrected chi connectivity index (χ4v) is 2.71. The molecule has 1 unspecified atom stereocenters. The van der Waals surface area contributed by atoms with Crippen molar-refractivity contribution >= 4 is 17.0 Å². The quantitative estimate of drug-likeness (QED) is 0.856. The minimum Gasteiger partial charge on any atom is -0.478 e. The van der Waals surface area contributed by atoms with Gasteiger partial charge in [0.15, 0.2) is 0 Å². The third-order valence-corrected chi connectivity index (χ3v) is 3.71. The van der Waals surface area contributed by atoms with Crippen molar-refractivity contribution in [3.05, 3.63) is 29.6 Å². The Morgan fingerprint density at radius 2 is 2.05 bits per heavy atom. The molecule has 0 fully saturated rings. The van der Waals surface area contributed by atoms with Crippen LogP contribution >= 0.6 is 0 Å². The Hall–Kier alpha value is -1.88. The molecule has 0 spiro atoms. The molecule has 2 rings (SSSR count). The molecule has 5 nitrogen and oxygen atoms in total. The van der Waals surface area contributed by atoms with Crippen LogP contribution in [0.5, 0.6) is 0 Å². The van der Waals surface area contributed by atoms with Gasteiger partial charge in [-0.3, -0.25) is 0 Å². The van der Waals surface area contributed by atoms with Crippen LogP contribution in [-0.2, 0) is 0 Å². The van der Waals surface area contributed by atoms with Gasteiger partial charge in [-0.1, -0.05) is 19.9 Å². The van der Waals surface area contributed by atoms with Gasteiger partial charge in [0.05, 0.1) is 16.6 Å². The van der Waals surface area contributed by atoms with Crippen molar-refractivity contribution in [2.75, 3.05) is 6.61 Å². The summed E-state index contributed by atoms with van der Waals surface area (Å²) >= 11 is 0. The Balaban J connectivity index is 2.68. The first-order valence-electron chi connectivity index (χ1n) is 7.32. The normalized spacial score (nSPS) is 13.0. The van der Waals surface area contributed by atoms with Gasteiger partial charge in [0, 0.05) is 18.6 Å². The van der Waals surface area contributed by atoms with Gasteiger partial charge in [-0.05, 0) is 31.9 Å². The minimum absolute atomic E-state index is 0.0973. The number of aromatic carboxylic acids is 1. The van der Waals surface area contributed by atoms with Crippen molar-refractivity contribution in [3.63, 3.8) is 0 Å². The van der Waals surface area contributed by atoms with Gasteiger partial charge in [0.1, 0.15) is 5.82 Å². The SMILES string of the molecule is CC(C)c1nc2cccc(C(=O)O)c2n1C(C)CCCO. The summed E-state index contributed by atoms with van der Waals surface area (Å²) < 4.78 is 2.03. The molecule has 114 valence electrons. The maximum atomic E-state index is 11.5. The van der Waals surface area contributed by atoms with E-state index < -0.39 is 5.97 Å². The molecular weight excluding hydrogens is 268 g/mol. The van der Waals surface area contributed by atoms with Crippen LogP contribution in [0.25, 0.3) is 11.0 Å². The van der Waals surface area contributed by atoms with Crippen molar-refractivity contribution in [2.45, 2.75) is 45.6 Å². The maximum Gasteiger partial charge on any atom is 0.337 e. The van der Waals surface area contributed by atoms with Crippen molar-refractivity contribution in [2.24, 2.45) is 0 Å². The average Bonchev–Trinajstić information content (AvgIpc) is 2.84. The van der Waals surface area contributed by atoms with Crippen LogP contribution < -0.4 is 0 Å². The van der Waals surface area contributed by atoms with E-state index in [1.807, 2.05) is 17.6 Å². The van der Waals surface area contributed by atoms with E-state index in [4.69, 9.17) is 5.11 Å². The van der Waals surface area contributed by atoms with Crippen molar-refractivity contribution in [3.8, 4) is 0 Å². The molecule has 0 aliphatic carbocycles. The number of carboxylic acid groups (broad SMARTS) is 1. The number of hydrogen-bond donors (Lipinski definition) is 2.